The summed E-state index contributed by atoms with van der Waals surface area (Å²) in [6.45, 7) is 4.00. The van der Waals surface area contributed by atoms with E-state index in [0.29, 0.717) is 11.3 Å². The van der Waals surface area contributed by atoms with Gasteiger partial charge in [-0.1, -0.05) is 19.1 Å². The zero-order valence-corrected chi connectivity index (χ0v) is 11.9. The van der Waals surface area contributed by atoms with Crippen molar-refractivity contribution in [2.24, 2.45) is 0 Å². The van der Waals surface area contributed by atoms with Crippen LogP contribution < -0.4 is 0 Å². The smallest absolute Gasteiger partial charge is 0.229 e. The zero-order valence-electron chi connectivity index (χ0n) is 9.79. The van der Waals surface area contributed by atoms with Crippen LogP contribution in [0.2, 0.25) is 0 Å². The van der Waals surface area contributed by atoms with Crippen molar-refractivity contribution in [3.63, 3.8) is 0 Å². The Hall–Kier alpha value is -1.10. The van der Waals surface area contributed by atoms with Crippen molar-refractivity contribution in [2.75, 3.05) is 0 Å². The van der Waals surface area contributed by atoms with E-state index in [1.165, 1.54) is 0 Å². The van der Waals surface area contributed by atoms with Gasteiger partial charge in [0.2, 0.25) is 5.78 Å². The highest BCUT2D eigenvalue weighted by molar-refractivity contribution is 14.1. The monoisotopic (exact) mass is 340 g/mol. The molecule has 0 amide bonds. The van der Waals surface area contributed by atoms with Crippen molar-refractivity contribution in [2.45, 2.75) is 20.3 Å². The van der Waals surface area contributed by atoms with Gasteiger partial charge in [0.25, 0.3) is 0 Å². The van der Waals surface area contributed by atoms with Crippen molar-refractivity contribution < 1.29 is 9.21 Å². The maximum absolute atomic E-state index is 12.3. The highest BCUT2D eigenvalue weighted by atomic mass is 127. The number of hydrogen-bond acceptors (Lipinski definition) is 2. The normalized spacial score (nSPS) is 10.5. The molecule has 0 atom stereocenters. The number of ketones is 1. The van der Waals surface area contributed by atoms with Gasteiger partial charge in [-0.3, -0.25) is 4.79 Å². The Kier molecular flexibility index (Phi) is 3.66. The van der Waals surface area contributed by atoms with Crippen LogP contribution in [-0.2, 0) is 6.42 Å². The summed E-state index contributed by atoms with van der Waals surface area (Å²) in [5.74, 6) is 1.22. The molecule has 0 saturated heterocycles. The Balaban J connectivity index is 2.40. The van der Waals surface area contributed by atoms with E-state index in [1.807, 2.05) is 38.1 Å². The molecule has 0 unspecified atom stereocenters. The molecule has 0 radical (unpaired) electrons. The molecule has 3 heteroatoms. The Bertz CT molecular complexity index is 555. The maximum Gasteiger partial charge on any atom is 0.229 e. The quantitative estimate of drug-likeness (QED) is 0.625. The van der Waals surface area contributed by atoms with E-state index in [2.05, 4.69) is 22.6 Å². The molecule has 2 rings (SSSR count). The van der Waals surface area contributed by atoms with Crippen molar-refractivity contribution in [1.82, 2.24) is 0 Å². The minimum atomic E-state index is -0.0437. The number of rotatable bonds is 3. The topological polar surface area (TPSA) is 30.2 Å². The number of hydrogen-bond donors (Lipinski definition) is 0. The summed E-state index contributed by atoms with van der Waals surface area (Å²) in [7, 11) is 0. The predicted octanol–water partition coefficient (Wildman–Crippen LogP) is 3.99. The SMILES string of the molecule is CCc1ccc(C(=O)c2cccc(C)c2I)o1. The van der Waals surface area contributed by atoms with E-state index in [0.717, 1.165) is 21.3 Å². The predicted molar refractivity (Wildman–Crippen MR) is 75.4 cm³/mol. The van der Waals surface area contributed by atoms with Gasteiger partial charge in [-0.25, -0.2) is 0 Å². The van der Waals surface area contributed by atoms with Crippen LogP contribution in [0.5, 0.6) is 0 Å². The molecule has 0 bridgehead atoms. The third-order valence-electron chi connectivity index (χ3n) is 2.67. The molecule has 0 aliphatic rings. The van der Waals surface area contributed by atoms with E-state index >= 15 is 0 Å². The van der Waals surface area contributed by atoms with Crippen molar-refractivity contribution in [3.8, 4) is 0 Å². The number of halogens is 1. The molecule has 1 aromatic carbocycles. The van der Waals surface area contributed by atoms with E-state index < -0.39 is 0 Å². The molecular weight excluding hydrogens is 327 g/mol. The van der Waals surface area contributed by atoms with E-state index in [-0.39, 0.29) is 5.78 Å². The maximum atomic E-state index is 12.3. The number of furan rings is 1. The van der Waals surface area contributed by atoms with Gasteiger partial charge in [0.15, 0.2) is 5.76 Å². The summed E-state index contributed by atoms with van der Waals surface area (Å²) in [6, 6.07) is 9.34. The largest absolute Gasteiger partial charge is 0.458 e. The minimum absolute atomic E-state index is 0.0437. The molecule has 0 fully saturated rings. The molecular formula is C14H13IO2. The lowest BCUT2D eigenvalue weighted by Gasteiger charge is -2.04. The van der Waals surface area contributed by atoms with Gasteiger partial charge in [-0.15, -0.1) is 0 Å². The van der Waals surface area contributed by atoms with Crippen LogP contribution in [0.25, 0.3) is 0 Å². The molecule has 1 aromatic heterocycles. The van der Waals surface area contributed by atoms with Crippen molar-refractivity contribution in [1.29, 1.82) is 0 Å². The fourth-order valence-electron chi connectivity index (χ4n) is 1.65. The number of aryl methyl sites for hydroxylation is 2. The molecule has 0 aliphatic heterocycles. The summed E-state index contributed by atoms with van der Waals surface area (Å²) in [6.07, 6.45) is 0.804. The van der Waals surface area contributed by atoms with Crippen LogP contribution >= 0.6 is 22.6 Å². The standard InChI is InChI=1S/C14H13IO2/c1-3-10-7-8-12(17-10)14(16)11-6-4-5-9(2)13(11)15/h4-8H,3H2,1-2H3. The second-order valence-corrected chi connectivity index (χ2v) is 4.96. The molecule has 0 saturated carbocycles. The summed E-state index contributed by atoms with van der Waals surface area (Å²) in [5, 5.41) is 0. The summed E-state index contributed by atoms with van der Waals surface area (Å²) in [5.41, 5.74) is 1.82. The molecule has 0 spiro atoms. The van der Waals surface area contributed by atoms with E-state index in [1.54, 1.807) is 6.07 Å². The summed E-state index contributed by atoms with van der Waals surface area (Å²) in [4.78, 5) is 12.3. The lowest BCUT2D eigenvalue weighted by atomic mass is 10.1. The van der Waals surface area contributed by atoms with Crippen LogP contribution in [0.1, 0.15) is 34.4 Å². The Morgan fingerprint density at radius 2 is 2.06 bits per heavy atom. The van der Waals surface area contributed by atoms with Crippen LogP contribution in [0, 0.1) is 10.5 Å². The fourth-order valence-corrected chi connectivity index (χ4v) is 2.25. The minimum Gasteiger partial charge on any atom is -0.458 e. The molecule has 0 N–H and O–H groups in total. The van der Waals surface area contributed by atoms with Gasteiger partial charge in [0.05, 0.1) is 0 Å². The average Bonchev–Trinajstić information content (AvgIpc) is 2.80. The van der Waals surface area contributed by atoms with Crippen LogP contribution in [0.15, 0.2) is 34.7 Å². The molecule has 2 nitrogen and oxygen atoms in total. The van der Waals surface area contributed by atoms with Gasteiger partial charge in [-0.05, 0) is 53.3 Å². The lowest BCUT2D eigenvalue weighted by Crippen LogP contribution is -2.03. The zero-order chi connectivity index (χ0) is 12.4. The highest BCUT2D eigenvalue weighted by Crippen LogP contribution is 2.21. The van der Waals surface area contributed by atoms with Gasteiger partial charge in [-0.2, -0.15) is 0 Å². The molecule has 1 heterocycles. The molecule has 88 valence electrons. The lowest BCUT2D eigenvalue weighted by molar-refractivity contribution is 0.101. The van der Waals surface area contributed by atoms with Gasteiger partial charge in [0, 0.05) is 15.6 Å². The number of carbonyl (C=O) groups excluding carboxylic acids is 1. The van der Waals surface area contributed by atoms with Crippen molar-refractivity contribution in [3.05, 3.63) is 56.5 Å². The van der Waals surface area contributed by atoms with Crippen molar-refractivity contribution >= 4 is 28.4 Å². The van der Waals surface area contributed by atoms with E-state index in [4.69, 9.17) is 4.42 Å². The molecule has 2 aromatic rings. The Morgan fingerprint density at radius 3 is 2.71 bits per heavy atom. The third-order valence-corrected chi connectivity index (χ3v) is 4.10. The van der Waals surface area contributed by atoms with E-state index in [9.17, 15) is 4.79 Å². The first-order chi connectivity index (χ1) is 8.13. The van der Waals surface area contributed by atoms with Gasteiger partial charge in [0.1, 0.15) is 5.76 Å². The highest BCUT2D eigenvalue weighted by Gasteiger charge is 2.16. The first kappa shape index (κ1) is 12.4. The summed E-state index contributed by atoms with van der Waals surface area (Å²) >= 11 is 2.20. The summed E-state index contributed by atoms with van der Waals surface area (Å²) < 4.78 is 6.48. The fraction of sp³-hybridized carbons (Fsp3) is 0.214. The number of carbonyl (C=O) groups is 1. The van der Waals surface area contributed by atoms with Gasteiger partial charge < -0.3 is 4.42 Å². The number of benzene rings is 1. The third kappa shape index (κ3) is 2.44. The first-order valence-corrected chi connectivity index (χ1v) is 6.60. The van der Waals surface area contributed by atoms with Crippen LogP contribution in [0.4, 0.5) is 0 Å². The van der Waals surface area contributed by atoms with Gasteiger partial charge >= 0.3 is 0 Å². The Labute approximate surface area is 114 Å². The second-order valence-electron chi connectivity index (χ2n) is 3.89. The average molecular weight is 340 g/mol. The second kappa shape index (κ2) is 5.04. The first-order valence-electron chi connectivity index (χ1n) is 5.52. The molecule has 0 aliphatic carbocycles. The molecule has 17 heavy (non-hydrogen) atoms. The van der Waals surface area contributed by atoms with Crippen LogP contribution in [-0.4, -0.2) is 5.78 Å². The van der Waals surface area contributed by atoms with Crippen LogP contribution in [0.3, 0.4) is 0 Å². The Morgan fingerprint density at radius 1 is 1.29 bits per heavy atom.